The number of nitrogens with zero attached hydrogens (tertiary/aromatic N) is 1. The fourth-order valence-corrected chi connectivity index (χ4v) is 2.24. The number of benzene rings is 2. The summed E-state index contributed by atoms with van der Waals surface area (Å²) in [6.07, 6.45) is 2.34. The van der Waals surface area contributed by atoms with Gasteiger partial charge in [-0.15, -0.1) is 0 Å². The monoisotopic (exact) mass is 195 g/mol. The Bertz CT molecular complexity index is 520. The van der Waals surface area contributed by atoms with Gasteiger partial charge in [0, 0.05) is 17.8 Å². The normalized spacial score (nSPS) is 15.6. The van der Waals surface area contributed by atoms with Crippen molar-refractivity contribution in [2.24, 2.45) is 4.99 Å². The summed E-state index contributed by atoms with van der Waals surface area (Å²) in [4.78, 5) is 4.57. The molecule has 0 aliphatic carbocycles. The van der Waals surface area contributed by atoms with Gasteiger partial charge in [0.1, 0.15) is 0 Å². The highest BCUT2D eigenvalue weighted by Crippen LogP contribution is 2.22. The molecule has 0 radical (unpaired) electrons. The van der Waals surface area contributed by atoms with Crippen molar-refractivity contribution in [3.05, 3.63) is 48.0 Å². The van der Waals surface area contributed by atoms with Crippen LogP contribution in [0.1, 0.15) is 18.4 Å². The summed E-state index contributed by atoms with van der Waals surface area (Å²) in [6.45, 7) is 0.999. The van der Waals surface area contributed by atoms with Crippen molar-refractivity contribution in [1.29, 1.82) is 0 Å². The van der Waals surface area contributed by atoms with Crippen LogP contribution in [0.3, 0.4) is 0 Å². The molecule has 0 fully saturated rings. The molecule has 0 atom stereocenters. The number of hydrogen-bond acceptors (Lipinski definition) is 1. The SMILES string of the molecule is c1ccc2c(C3=NCCC3)cccc2c1. The molecule has 0 unspecified atom stereocenters. The van der Waals surface area contributed by atoms with Gasteiger partial charge in [0.2, 0.25) is 0 Å². The van der Waals surface area contributed by atoms with E-state index in [1.54, 1.807) is 0 Å². The Kier molecular flexibility index (Phi) is 2.02. The second kappa shape index (κ2) is 3.50. The van der Waals surface area contributed by atoms with Crippen LogP contribution < -0.4 is 0 Å². The van der Waals surface area contributed by atoms with Crippen molar-refractivity contribution in [2.45, 2.75) is 12.8 Å². The topological polar surface area (TPSA) is 12.4 Å². The lowest BCUT2D eigenvalue weighted by Crippen LogP contribution is -1.96. The minimum absolute atomic E-state index is 0.999. The van der Waals surface area contributed by atoms with Crippen LogP contribution in [0.2, 0.25) is 0 Å². The van der Waals surface area contributed by atoms with Crippen molar-refractivity contribution >= 4 is 16.5 Å². The quantitative estimate of drug-likeness (QED) is 0.661. The van der Waals surface area contributed by atoms with E-state index in [9.17, 15) is 0 Å². The van der Waals surface area contributed by atoms with Crippen LogP contribution in [-0.2, 0) is 0 Å². The average molecular weight is 195 g/mol. The molecule has 2 aromatic rings. The first kappa shape index (κ1) is 8.66. The first-order chi connectivity index (χ1) is 7.45. The molecule has 1 heterocycles. The van der Waals surface area contributed by atoms with E-state index < -0.39 is 0 Å². The number of fused-ring (bicyclic) bond motifs is 1. The molecule has 0 saturated heterocycles. The Hall–Kier alpha value is -1.63. The summed E-state index contributed by atoms with van der Waals surface area (Å²) in [5, 5.41) is 2.64. The van der Waals surface area contributed by atoms with Gasteiger partial charge < -0.3 is 0 Å². The standard InChI is InChI=1S/C14H13N/c1-2-7-12-11(5-1)6-3-8-13(12)14-9-4-10-15-14/h1-3,5-8H,4,9-10H2. The molecule has 0 spiro atoms. The molecule has 1 heteroatoms. The fraction of sp³-hybridized carbons (Fsp3) is 0.214. The molecule has 0 amide bonds. The fourth-order valence-electron chi connectivity index (χ4n) is 2.24. The summed E-state index contributed by atoms with van der Waals surface area (Å²) in [5.74, 6) is 0. The van der Waals surface area contributed by atoms with Gasteiger partial charge in [-0.2, -0.15) is 0 Å². The Balaban J connectivity index is 2.26. The summed E-state index contributed by atoms with van der Waals surface area (Å²) in [7, 11) is 0. The van der Waals surface area contributed by atoms with Crippen molar-refractivity contribution in [2.75, 3.05) is 6.54 Å². The lowest BCUT2D eigenvalue weighted by Gasteiger charge is -2.05. The van der Waals surface area contributed by atoms with E-state index in [2.05, 4.69) is 47.5 Å². The van der Waals surface area contributed by atoms with E-state index in [-0.39, 0.29) is 0 Å². The van der Waals surface area contributed by atoms with Crippen LogP contribution in [-0.4, -0.2) is 12.3 Å². The Labute approximate surface area is 89.5 Å². The smallest absolute Gasteiger partial charge is 0.0427 e. The van der Waals surface area contributed by atoms with Gasteiger partial charge in [0.15, 0.2) is 0 Å². The summed E-state index contributed by atoms with van der Waals surface area (Å²) >= 11 is 0. The maximum absolute atomic E-state index is 4.57. The van der Waals surface area contributed by atoms with E-state index in [1.165, 1.54) is 28.5 Å². The van der Waals surface area contributed by atoms with Crippen LogP contribution in [0.4, 0.5) is 0 Å². The van der Waals surface area contributed by atoms with Crippen molar-refractivity contribution < 1.29 is 0 Å². The van der Waals surface area contributed by atoms with Crippen molar-refractivity contribution in [3.63, 3.8) is 0 Å². The van der Waals surface area contributed by atoms with E-state index in [4.69, 9.17) is 0 Å². The summed E-state index contributed by atoms with van der Waals surface area (Å²) in [6, 6.07) is 15.0. The molecule has 1 nitrogen and oxygen atoms in total. The van der Waals surface area contributed by atoms with Gasteiger partial charge in [-0.1, -0.05) is 42.5 Å². The summed E-state index contributed by atoms with van der Waals surface area (Å²) in [5.41, 5.74) is 2.61. The maximum atomic E-state index is 4.57. The highest BCUT2D eigenvalue weighted by molar-refractivity contribution is 6.11. The lowest BCUT2D eigenvalue weighted by atomic mass is 10.00. The second-order valence-electron chi connectivity index (χ2n) is 3.96. The van der Waals surface area contributed by atoms with Crippen LogP contribution in [0.5, 0.6) is 0 Å². The highest BCUT2D eigenvalue weighted by atomic mass is 14.8. The molecule has 0 aromatic heterocycles. The van der Waals surface area contributed by atoms with Crippen molar-refractivity contribution in [3.8, 4) is 0 Å². The number of aliphatic imine (C=N–C) groups is 1. The predicted octanol–water partition coefficient (Wildman–Crippen LogP) is 3.42. The number of hydrogen-bond donors (Lipinski definition) is 0. The summed E-state index contributed by atoms with van der Waals surface area (Å²) < 4.78 is 0. The Morgan fingerprint density at radius 3 is 2.67 bits per heavy atom. The van der Waals surface area contributed by atoms with Crippen molar-refractivity contribution in [1.82, 2.24) is 0 Å². The Morgan fingerprint density at radius 1 is 0.933 bits per heavy atom. The number of rotatable bonds is 1. The maximum Gasteiger partial charge on any atom is 0.0427 e. The van der Waals surface area contributed by atoms with Gasteiger partial charge in [-0.25, -0.2) is 0 Å². The third-order valence-electron chi connectivity index (χ3n) is 2.97. The molecule has 15 heavy (non-hydrogen) atoms. The molecular formula is C14H13N. The van der Waals surface area contributed by atoms with E-state index in [0.29, 0.717) is 0 Å². The minimum Gasteiger partial charge on any atom is -0.289 e. The first-order valence-electron chi connectivity index (χ1n) is 5.46. The van der Waals surface area contributed by atoms with Gasteiger partial charge >= 0.3 is 0 Å². The molecule has 74 valence electrons. The third kappa shape index (κ3) is 1.44. The van der Waals surface area contributed by atoms with Gasteiger partial charge in [0.25, 0.3) is 0 Å². The van der Waals surface area contributed by atoms with Gasteiger partial charge in [0.05, 0.1) is 0 Å². The van der Waals surface area contributed by atoms with Crippen LogP contribution in [0.15, 0.2) is 47.5 Å². The third-order valence-corrected chi connectivity index (χ3v) is 2.97. The molecule has 0 N–H and O–H groups in total. The molecular weight excluding hydrogens is 182 g/mol. The van der Waals surface area contributed by atoms with E-state index in [1.807, 2.05) is 0 Å². The molecule has 3 rings (SSSR count). The molecule has 0 saturated carbocycles. The molecule has 2 aromatic carbocycles. The van der Waals surface area contributed by atoms with Crippen LogP contribution >= 0.6 is 0 Å². The van der Waals surface area contributed by atoms with Crippen LogP contribution in [0, 0.1) is 0 Å². The molecule has 1 aliphatic rings. The molecule has 1 aliphatic heterocycles. The molecule has 0 bridgehead atoms. The van der Waals surface area contributed by atoms with Crippen LogP contribution in [0.25, 0.3) is 10.8 Å². The first-order valence-corrected chi connectivity index (χ1v) is 5.46. The zero-order chi connectivity index (χ0) is 10.1. The van der Waals surface area contributed by atoms with Gasteiger partial charge in [-0.05, 0) is 23.6 Å². The highest BCUT2D eigenvalue weighted by Gasteiger charge is 2.10. The lowest BCUT2D eigenvalue weighted by molar-refractivity contribution is 0.951. The minimum atomic E-state index is 0.999. The van der Waals surface area contributed by atoms with Gasteiger partial charge in [-0.3, -0.25) is 4.99 Å². The predicted molar refractivity (Wildman–Crippen MR) is 64.6 cm³/mol. The zero-order valence-electron chi connectivity index (χ0n) is 8.61. The van der Waals surface area contributed by atoms with E-state index in [0.717, 1.165) is 13.0 Å². The second-order valence-corrected chi connectivity index (χ2v) is 3.96. The zero-order valence-corrected chi connectivity index (χ0v) is 8.61. The van der Waals surface area contributed by atoms with E-state index >= 15 is 0 Å². The average Bonchev–Trinajstić information content (AvgIpc) is 2.82. The largest absolute Gasteiger partial charge is 0.289 e. The Morgan fingerprint density at radius 2 is 1.80 bits per heavy atom.